The first-order valence-electron chi connectivity index (χ1n) is 16.7. The number of carbonyl (C=O) groups is 2. The number of para-hydroxylation sites is 2. The maximum absolute atomic E-state index is 13.9. The number of sulfonamides is 1. The van der Waals surface area contributed by atoms with Crippen LogP contribution in [0.3, 0.4) is 0 Å². The van der Waals surface area contributed by atoms with Gasteiger partial charge in [-0.05, 0) is 71.6 Å². The van der Waals surface area contributed by atoms with E-state index in [0.29, 0.717) is 18.0 Å². The quantitative estimate of drug-likeness (QED) is 0.0954. The van der Waals surface area contributed by atoms with Gasteiger partial charge in [0.1, 0.15) is 19.0 Å². The summed E-state index contributed by atoms with van der Waals surface area (Å²) in [7, 11) is -2.76. The van der Waals surface area contributed by atoms with Crippen LogP contribution >= 0.6 is 0 Å². The minimum atomic E-state index is -4.22. The molecule has 0 bridgehead atoms. The maximum Gasteiger partial charge on any atom is 0.412 e. The van der Waals surface area contributed by atoms with Gasteiger partial charge in [-0.3, -0.25) is 19.8 Å². The summed E-state index contributed by atoms with van der Waals surface area (Å²) in [5.74, 6) is 0.327. The number of hydrogen-bond donors (Lipinski definition) is 3. The van der Waals surface area contributed by atoms with E-state index in [-0.39, 0.29) is 58.6 Å². The average molecular weight is 740 g/mol. The highest BCUT2D eigenvalue weighted by atomic mass is 32.2. The summed E-state index contributed by atoms with van der Waals surface area (Å²) >= 11 is 0. The second-order valence-corrected chi connectivity index (χ2v) is 14.3. The van der Waals surface area contributed by atoms with Crippen molar-refractivity contribution in [1.82, 2.24) is 15.3 Å². The molecule has 3 N–H and O–H groups in total. The molecule has 0 saturated carbocycles. The predicted molar refractivity (Wildman–Crippen MR) is 200 cm³/mol. The first kappa shape index (κ1) is 38.1. The lowest BCUT2D eigenvalue weighted by Crippen LogP contribution is -2.26. The summed E-state index contributed by atoms with van der Waals surface area (Å²) in [5, 5.41) is 5.37. The topological polar surface area (TPSA) is 167 Å². The Bertz CT molecular complexity index is 2110. The van der Waals surface area contributed by atoms with Crippen molar-refractivity contribution in [3.05, 3.63) is 126 Å². The Morgan fingerprint density at radius 1 is 0.792 bits per heavy atom. The molecule has 0 radical (unpaired) electrons. The number of aromatic nitrogens is 2. The summed E-state index contributed by atoms with van der Waals surface area (Å²) < 4.78 is 53.5. The largest absolute Gasteiger partial charge is 0.493 e. The van der Waals surface area contributed by atoms with Gasteiger partial charge >= 0.3 is 6.09 Å². The third-order valence-electron chi connectivity index (χ3n) is 7.74. The zero-order valence-electron chi connectivity index (χ0n) is 29.8. The summed E-state index contributed by atoms with van der Waals surface area (Å²) in [6.07, 6.45) is 2.90. The lowest BCUT2D eigenvalue weighted by molar-refractivity contribution is 0.0953. The molecule has 0 aliphatic heterocycles. The number of benzene rings is 3. The van der Waals surface area contributed by atoms with Gasteiger partial charge in [0.25, 0.3) is 15.9 Å². The highest BCUT2D eigenvalue weighted by Crippen LogP contribution is 2.43. The van der Waals surface area contributed by atoms with Crippen molar-refractivity contribution in [2.24, 2.45) is 0 Å². The average Bonchev–Trinajstić information content (AvgIpc) is 3.15. The van der Waals surface area contributed by atoms with Gasteiger partial charge in [-0.15, -0.1) is 0 Å². The fourth-order valence-electron chi connectivity index (χ4n) is 4.99. The summed E-state index contributed by atoms with van der Waals surface area (Å²) in [6, 6.07) is 26.6. The van der Waals surface area contributed by atoms with Crippen molar-refractivity contribution in [3.63, 3.8) is 0 Å². The third-order valence-corrected chi connectivity index (χ3v) is 9.12. The van der Waals surface area contributed by atoms with Crippen LogP contribution in [0, 0.1) is 0 Å². The molecule has 0 unspecified atom stereocenters. The number of pyridine rings is 2. The fourth-order valence-corrected chi connectivity index (χ4v) is 6.04. The SMILES string of the molecule is COc1ccccc1Oc1c(NS(=O)(=O)c2ccc(C(C)(C)C)cc2)cc(C(=O)NCCc2ccccn2)cc1OCCOC(=O)Nc1ccccn1. The molecule has 2 amide bonds. The van der Waals surface area contributed by atoms with E-state index in [1.165, 1.54) is 37.6 Å². The maximum atomic E-state index is 13.9. The molecule has 2 heterocycles. The van der Waals surface area contributed by atoms with Crippen LogP contribution in [-0.4, -0.2) is 57.3 Å². The monoisotopic (exact) mass is 739 g/mol. The number of nitrogens with one attached hydrogen (secondary N) is 3. The second-order valence-electron chi connectivity index (χ2n) is 12.6. The van der Waals surface area contributed by atoms with Gasteiger partial charge in [0, 0.05) is 36.6 Å². The lowest BCUT2D eigenvalue weighted by atomic mass is 9.87. The summed E-state index contributed by atoms with van der Waals surface area (Å²) in [6.45, 7) is 5.94. The summed E-state index contributed by atoms with van der Waals surface area (Å²) in [4.78, 5) is 34.2. The highest BCUT2D eigenvalue weighted by Gasteiger charge is 2.25. The summed E-state index contributed by atoms with van der Waals surface area (Å²) in [5.41, 5.74) is 1.53. The Hall–Kier alpha value is -6.15. The number of ether oxygens (including phenoxy) is 4. The van der Waals surface area contributed by atoms with E-state index < -0.39 is 22.0 Å². The van der Waals surface area contributed by atoms with Gasteiger partial charge in [0.05, 0.1) is 17.7 Å². The van der Waals surface area contributed by atoms with E-state index in [1.807, 2.05) is 32.9 Å². The number of anilines is 2. The van der Waals surface area contributed by atoms with Crippen LogP contribution in [0.2, 0.25) is 0 Å². The van der Waals surface area contributed by atoms with Crippen LogP contribution in [0.25, 0.3) is 0 Å². The van der Waals surface area contributed by atoms with Crippen molar-refractivity contribution >= 4 is 33.5 Å². The number of carbonyl (C=O) groups excluding carboxylic acids is 2. The lowest BCUT2D eigenvalue weighted by Gasteiger charge is -2.21. The van der Waals surface area contributed by atoms with Gasteiger partial charge < -0.3 is 24.3 Å². The molecule has 5 aromatic rings. The van der Waals surface area contributed by atoms with Gasteiger partial charge in [-0.2, -0.15) is 0 Å². The Morgan fingerprint density at radius 2 is 1.49 bits per heavy atom. The van der Waals surface area contributed by atoms with E-state index in [4.69, 9.17) is 18.9 Å². The zero-order chi connectivity index (χ0) is 37.8. The Morgan fingerprint density at radius 3 is 2.15 bits per heavy atom. The minimum Gasteiger partial charge on any atom is -0.493 e. The fraction of sp³-hybridized carbons (Fsp3) is 0.231. The molecule has 53 heavy (non-hydrogen) atoms. The molecule has 3 aromatic carbocycles. The van der Waals surface area contributed by atoms with Crippen molar-refractivity contribution in [1.29, 1.82) is 0 Å². The molecule has 0 fully saturated rings. The highest BCUT2D eigenvalue weighted by molar-refractivity contribution is 7.92. The molecule has 0 spiro atoms. The second kappa shape index (κ2) is 17.4. The molecule has 0 atom stereocenters. The zero-order valence-corrected chi connectivity index (χ0v) is 30.6. The Balaban J connectivity index is 1.48. The van der Waals surface area contributed by atoms with Gasteiger partial charge in [-0.25, -0.2) is 18.2 Å². The number of nitrogens with zero attached hydrogens (tertiary/aromatic N) is 2. The number of methoxy groups -OCH3 is 1. The van der Waals surface area contributed by atoms with Crippen LogP contribution in [0.15, 0.2) is 114 Å². The molecule has 0 saturated heterocycles. The van der Waals surface area contributed by atoms with Gasteiger partial charge in [-0.1, -0.05) is 57.2 Å². The third kappa shape index (κ3) is 10.7. The standard InChI is InChI=1S/C39H41N5O8S/c1-39(2,3)28-15-17-30(18-16-28)53(47,48)44-31-25-27(37(45)42-22-19-29-11-7-9-20-40-29)26-34(36(31)52-33-13-6-5-12-32(33)49-4)50-23-24-51-38(46)43-35-14-8-10-21-41-35/h5-18,20-21,25-26,44H,19,22-24H2,1-4H3,(H,42,45)(H,41,43,46). The molecule has 0 aliphatic carbocycles. The van der Waals surface area contributed by atoms with E-state index in [9.17, 15) is 18.0 Å². The van der Waals surface area contributed by atoms with Crippen LogP contribution < -0.4 is 29.6 Å². The molecule has 276 valence electrons. The van der Waals surface area contributed by atoms with Crippen LogP contribution in [0.4, 0.5) is 16.3 Å². The molecule has 0 aliphatic rings. The number of rotatable bonds is 15. The molecule has 5 rings (SSSR count). The molecular formula is C39H41N5O8S. The van der Waals surface area contributed by atoms with E-state index >= 15 is 0 Å². The molecule has 13 nitrogen and oxygen atoms in total. The van der Waals surface area contributed by atoms with Crippen molar-refractivity contribution in [2.75, 3.05) is 36.9 Å². The minimum absolute atomic E-state index is 0.00579. The Labute approximate surface area is 308 Å². The molecule has 14 heteroatoms. The van der Waals surface area contributed by atoms with E-state index in [2.05, 4.69) is 25.3 Å². The van der Waals surface area contributed by atoms with Gasteiger partial charge in [0.15, 0.2) is 23.0 Å². The predicted octanol–water partition coefficient (Wildman–Crippen LogP) is 6.98. The first-order valence-corrected chi connectivity index (χ1v) is 18.2. The van der Waals surface area contributed by atoms with Crippen LogP contribution in [0.5, 0.6) is 23.0 Å². The first-order chi connectivity index (χ1) is 25.4. The number of hydrogen-bond acceptors (Lipinski definition) is 10. The molecule has 2 aromatic heterocycles. The van der Waals surface area contributed by atoms with E-state index in [1.54, 1.807) is 66.9 Å². The van der Waals surface area contributed by atoms with Crippen LogP contribution in [-0.2, 0) is 26.6 Å². The van der Waals surface area contributed by atoms with Crippen LogP contribution in [0.1, 0.15) is 42.4 Å². The molecular weight excluding hydrogens is 699 g/mol. The normalized spacial score (nSPS) is 11.2. The van der Waals surface area contributed by atoms with Crippen molar-refractivity contribution < 1.29 is 37.0 Å². The smallest absolute Gasteiger partial charge is 0.412 e. The van der Waals surface area contributed by atoms with Crippen molar-refractivity contribution in [2.45, 2.75) is 37.5 Å². The van der Waals surface area contributed by atoms with Gasteiger partial charge in [0.2, 0.25) is 0 Å². The van der Waals surface area contributed by atoms with E-state index in [0.717, 1.165) is 11.3 Å². The van der Waals surface area contributed by atoms with Crippen molar-refractivity contribution in [3.8, 4) is 23.0 Å². The number of amides is 2. The Kier molecular flexibility index (Phi) is 12.5.